The summed E-state index contributed by atoms with van der Waals surface area (Å²) in [5, 5.41) is 11.4. The van der Waals surface area contributed by atoms with Gasteiger partial charge in [0.2, 0.25) is 6.79 Å². The SMILES string of the molecule is COc1ccccc1CN1C(=O)C(=O)/C(=C(\O)c2ccc3c(c2)OCO3)C1c1ccc(C(C)C)cc1. The van der Waals surface area contributed by atoms with Crippen LogP contribution in [-0.2, 0) is 16.1 Å². The summed E-state index contributed by atoms with van der Waals surface area (Å²) in [6.07, 6.45) is 0. The molecular weight excluding hydrogens is 458 g/mol. The predicted octanol–water partition coefficient (Wildman–Crippen LogP) is 5.17. The molecule has 0 aromatic heterocycles. The average molecular weight is 486 g/mol. The van der Waals surface area contributed by atoms with Crippen molar-refractivity contribution in [1.82, 2.24) is 4.90 Å². The molecule has 5 rings (SSSR count). The van der Waals surface area contributed by atoms with Crippen LogP contribution < -0.4 is 14.2 Å². The number of ether oxygens (including phenoxy) is 3. The number of amides is 1. The number of ketones is 1. The van der Waals surface area contributed by atoms with Crippen LogP contribution in [0.4, 0.5) is 0 Å². The van der Waals surface area contributed by atoms with E-state index in [-0.39, 0.29) is 24.7 Å². The van der Waals surface area contributed by atoms with Crippen molar-refractivity contribution in [3.63, 3.8) is 0 Å². The number of fused-ring (bicyclic) bond motifs is 1. The normalized spacial score (nSPS) is 18.2. The second kappa shape index (κ2) is 9.41. The summed E-state index contributed by atoms with van der Waals surface area (Å²) in [6, 6.07) is 19.3. The van der Waals surface area contributed by atoms with Crippen molar-refractivity contribution < 1.29 is 28.9 Å². The van der Waals surface area contributed by atoms with Crippen LogP contribution in [0.25, 0.3) is 5.76 Å². The zero-order valence-corrected chi connectivity index (χ0v) is 20.4. The number of hydrogen-bond acceptors (Lipinski definition) is 6. The van der Waals surface area contributed by atoms with Crippen molar-refractivity contribution >= 4 is 17.4 Å². The molecule has 2 aliphatic rings. The molecule has 1 saturated heterocycles. The highest BCUT2D eigenvalue weighted by Gasteiger charge is 2.46. The van der Waals surface area contributed by atoms with E-state index in [0.717, 1.165) is 16.7 Å². The summed E-state index contributed by atoms with van der Waals surface area (Å²) >= 11 is 0. The van der Waals surface area contributed by atoms with Gasteiger partial charge in [0.05, 0.1) is 25.3 Å². The largest absolute Gasteiger partial charge is 0.507 e. The number of methoxy groups -OCH3 is 1. The molecule has 7 heteroatoms. The standard InChI is InChI=1S/C29H27NO6/c1-17(2)18-8-10-19(11-9-18)26-25(27(31)20-12-13-23-24(14-20)36-16-35-23)28(32)29(33)30(26)15-21-6-4-5-7-22(21)34-3/h4-14,17,26,31H,15-16H2,1-3H3/b27-25-. The van der Waals surface area contributed by atoms with Gasteiger partial charge in [0, 0.05) is 11.1 Å². The van der Waals surface area contributed by atoms with E-state index < -0.39 is 17.7 Å². The maximum absolute atomic E-state index is 13.4. The lowest BCUT2D eigenvalue weighted by Crippen LogP contribution is -2.29. The minimum absolute atomic E-state index is 0.0334. The van der Waals surface area contributed by atoms with Crippen molar-refractivity contribution in [2.45, 2.75) is 32.4 Å². The van der Waals surface area contributed by atoms with E-state index >= 15 is 0 Å². The third kappa shape index (κ3) is 4.06. The molecule has 3 aromatic carbocycles. The quantitative estimate of drug-likeness (QED) is 0.295. The average Bonchev–Trinajstić information content (AvgIpc) is 3.46. The van der Waals surface area contributed by atoms with Gasteiger partial charge in [-0.1, -0.05) is 56.3 Å². The lowest BCUT2D eigenvalue weighted by molar-refractivity contribution is -0.140. The molecule has 1 fully saturated rings. The molecule has 1 amide bonds. The first kappa shape index (κ1) is 23.5. The van der Waals surface area contributed by atoms with Gasteiger partial charge < -0.3 is 24.2 Å². The van der Waals surface area contributed by atoms with Gasteiger partial charge in [-0.15, -0.1) is 0 Å². The Bertz CT molecular complexity index is 1360. The number of aliphatic hydroxyl groups excluding tert-OH is 1. The molecule has 1 N–H and O–H groups in total. The van der Waals surface area contributed by atoms with Gasteiger partial charge in [-0.3, -0.25) is 9.59 Å². The Morgan fingerprint density at radius 1 is 1.03 bits per heavy atom. The van der Waals surface area contributed by atoms with E-state index in [2.05, 4.69) is 13.8 Å². The van der Waals surface area contributed by atoms with Gasteiger partial charge in [-0.25, -0.2) is 0 Å². The molecule has 7 nitrogen and oxygen atoms in total. The highest BCUT2D eigenvalue weighted by atomic mass is 16.7. The van der Waals surface area contributed by atoms with Gasteiger partial charge in [0.25, 0.3) is 11.7 Å². The van der Waals surface area contributed by atoms with Crippen LogP contribution >= 0.6 is 0 Å². The fraction of sp³-hybridized carbons (Fsp3) is 0.241. The fourth-order valence-electron chi connectivity index (χ4n) is 4.67. The first-order chi connectivity index (χ1) is 17.4. The number of para-hydroxylation sites is 1. The van der Waals surface area contributed by atoms with Crippen LogP contribution in [0.2, 0.25) is 0 Å². The van der Waals surface area contributed by atoms with Gasteiger partial charge in [-0.05, 0) is 41.3 Å². The summed E-state index contributed by atoms with van der Waals surface area (Å²) in [6.45, 7) is 4.43. The maximum atomic E-state index is 13.4. The monoisotopic (exact) mass is 485 g/mol. The number of likely N-dealkylation sites (tertiary alicyclic amines) is 1. The molecule has 36 heavy (non-hydrogen) atoms. The van der Waals surface area contributed by atoms with Gasteiger partial charge in [0.15, 0.2) is 11.5 Å². The minimum Gasteiger partial charge on any atom is -0.507 e. The second-order valence-corrected chi connectivity index (χ2v) is 9.13. The number of hydrogen-bond donors (Lipinski definition) is 1. The van der Waals surface area contributed by atoms with Crippen molar-refractivity contribution in [1.29, 1.82) is 0 Å². The molecule has 0 spiro atoms. The minimum atomic E-state index is -0.776. The number of carbonyl (C=O) groups is 2. The molecule has 1 unspecified atom stereocenters. The Hall–Kier alpha value is -4.26. The van der Waals surface area contributed by atoms with Gasteiger partial charge in [0.1, 0.15) is 11.5 Å². The molecule has 184 valence electrons. The van der Waals surface area contributed by atoms with Crippen molar-refractivity contribution in [2.75, 3.05) is 13.9 Å². The highest BCUT2D eigenvalue weighted by molar-refractivity contribution is 6.46. The third-order valence-electron chi connectivity index (χ3n) is 6.64. The summed E-state index contributed by atoms with van der Waals surface area (Å²) in [7, 11) is 1.56. The molecule has 2 aliphatic heterocycles. The summed E-state index contributed by atoms with van der Waals surface area (Å²) < 4.78 is 16.3. The fourth-order valence-corrected chi connectivity index (χ4v) is 4.67. The van der Waals surface area contributed by atoms with Gasteiger partial charge in [-0.2, -0.15) is 0 Å². The molecule has 0 saturated carbocycles. The van der Waals surface area contributed by atoms with E-state index in [1.807, 2.05) is 48.5 Å². The molecular formula is C29H27NO6. The lowest BCUT2D eigenvalue weighted by atomic mass is 9.93. The summed E-state index contributed by atoms with van der Waals surface area (Å²) in [5.74, 6) is 0.298. The zero-order chi connectivity index (χ0) is 25.4. The number of rotatable bonds is 6. The number of Topliss-reactive ketones (excluding diaryl/α,β-unsaturated/α-hetero) is 1. The lowest BCUT2D eigenvalue weighted by Gasteiger charge is -2.26. The number of carbonyl (C=O) groups excluding carboxylic acids is 2. The number of benzene rings is 3. The van der Waals surface area contributed by atoms with E-state index in [1.54, 1.807) is 25.3 Å². The summed E-state index contributed by atoms with van der Waals surface area (Å²) in [4.78, 5) is 28.2. The van der Waals surface area contributed by atoms with Crippen molar-refractivity contribution in [3.8, 4) is 17.2 Å². The first-order valence-electron chi connectivity index (χ1n) is 11.8. The Labute approximate surface area is 209 Å². The third-order valence-corrected chi connectivity index (χ3v) is 6.64. The van der Waals surface area contributed by atoms with Gasteiger partial charge >= 0.3 is 0 Å². The predicted molar refractivity (Wildman–Crippen MR) is 134 cm³/mol. The van der Waals surface area contributed by atoms with Crippen LogP contribution in [0.1, 0.15) is 48.1 Å². The van der Waals surface area contributed by atoms with Crippen LogP contribution in [0.5, 0.6) is 17.2 Å². The zero-order valence-electron chi connectivity index (χ0n) is 20.4. The van der Waals surface area contributed by atoms with Crippen molar-refractivity contribution in [3.05, 3.63) is 94.6 Å². The highest BCUT2D eigenvalue weighted by Crippen LogP contribution is 2.42. The van der Waals surface area contributed by atoms with E-state index in [9.17, 15) is 14.7 Å². The number of aliphatic hydroxyl groups is 1. The van der Waals surface area contributed by atoms with E-state index in [1.165, 1.54) is 4.90 Å². The Balaban J connectivity index is 1.64. The Morgan fingerprint density at radius 3 is 2.47 bits per heavy atom. The maximum Gasteiger partial charge on any atom is 0.295 e. The molecule has 0 bridgehead atoms. The number of nitrogens with zero attached hydrogens (tertiary/aromatic N) is 1. The smallest absolute Gasteiger partial charge is 0.295 e. The topological polar surface area (TPSA) is 85.3 Å². The Kier molecular flexibility index (Phi) is 6.14. The van der Waals surface area contributed by atoms with Crippen LogP contribution in [0, 0.1) is 0 Å². The van der Waals surface area contributed by atoms with Crippen LogP contribution in [0.3, 0.4) is 0 Å². The molecule has 1 atom stereocenters. The van der Waals surface area contributed by atoms with Crippen LogP contribution in [-0.4, -0.2) is 35.6 Å². The molecule has 2 heterocycles. The molecule has 0 aliphatic carbocycles. The second-order valence-electron chi connectivity index (χ2n) is 9.13. The first-order valence-corrected chi connectivity index (χ1v) is 11.8. The van der Waals surface area contributed by atoms with E-state index in [0.29, 0.717) is 28.7 Å². The Morgan fingerprint density at radius 2 is 1.75 bits per heavy atom. The van der Waals surface area contributed by atoms with Crippen molar-refractivity contribution in [2.24, 2.45) is 0 Å². The summed E-state index contributed by atoms with van der Waals surface area (Å²) in [5.41, 5.74) is 3.03. The molecule has 0 radical (unpaired) electrons. The molecule has 3 aromatic rings. The van der Waals surface area contributed by atoms with E-state index in [4.69, 9.17) is 14.2 Å². The van der Waals surface area contributed by atoms with Crippen LogP contribution in [0.15, 0.2) is 72.3 Å².